The Morgan fingerprint density at radius 3 is 2.95 bits per heavy atom. The highest BCUT2D eigenvalue weighted by Gasteiger charge is 2.16. The van der Waals surface area contributed by atoms with Crippen LogP contribution < -0.4 is 10.9 Å². The lowest BCUT2D eigenvalue weighted by Gasteiger charge is -2.16. The van der Waals surface area contributed by atoms with Crippen LogP contribution in [0.1, 0.15) is 12.0 Å². The van der Waals surface area contributed by atoms with Crippen LogP contribution in [0, 0.1) is 5.82 Å². The molecule has 0 saturated carbocycles. The average Bonchev–Trinajstić information content (AvgIpc) is 2.37. The Morgan fingerprint density at radius 1 is 1.32 bits per heavy atom. The first kappa shape index (κ1) is 12.3. The topological polar surface area (TPSA) is 57.8 Å². The number of nitrogens with zero attached hydrogens (tertiary/aromatic N) is 1. The molecule has 0 amide bonds. The summed E-state index contributed by atoms with van der Waals surface area (Å²) >= 11 is 3.23. The first-order valence-electron chi connectivity index (χ1n) is 5.97. The highest BCUT2D eigenvalue weighted by atomic mass is 79.9. The maximum Gasteiger partial charge on any atom is 0.256 e. The summed E-state index contributed by atoms with van der Waals surface area (Å²) in [6.45, 7) is 0.801. The summed E-state index contributed by atoms with van der Waals surface area (Å²) in [7, 11) is 0. The molecule has 98 valence electrons. The van der Waals surface area contributed by atoms with Gasteiger partial charge in [-0.25, -0.2) is 9.37 Å². The van der Waals surface area contributed by atoms with Crippen molar-refractivity contribution in [3.05, 3.63) is 44.4 Å². The van der Waals surface area contributed by atoms with E-state index < -0.39 is 0 Å². The van der Waals surface area contributed by atoms with Crippen molar-refractivity contribution in [1.29, 1.82) is 0 Å². The number of rotatable bonds is 1. The molecule has 1 aromatic carbocycles. The van der Waals surface area contributed by atoms with Crippen molar-refractivity contribution in [2.24, 2.45) is 0 Å². The number of aromatic nitrogens is 2. The number of hydrogen-bond donors (Lipinski definition) is 2. The molecule has 1 aromatic heterocycles. The van der Waals surface area contributed by atoms with E-state index in [9.17, 15) is 9.18 Å². The van der Waals surface area contributed by atoms with Gasteiger partial charge in [0.1, 0.15) is 17.5 Å². The van der Waals surface area contributed by atoms with E-state index in [1.807, 2.05) is 0 Å². The number of halogens is 2. The lowest BCUT2D eigenvalue weighted by atomic mass is 10.1. The van der Waals surface area contributed by atoms with Crippen molar-refractivity contribution in [2.45, 2.75) is 12.8 Å². The lowest BCUT2D eigenvalue weighted by molar-refractivity contribution is 0.627. The number of H-pyrrole nitrogens is 1. The second kappa shape index (κ2) is 4.77. The van der Waals surface area contributed by atoms with Crippen molar-refractivity contribution >= 4 is 21.7 Å². The second-order valence-corrected chi connectivity index (χ2v) is 5.35. The molecule has 0 atom stereocenters. The van der Waals surface area contributed by atoms with Gasteiger partial charge in [0.2, 0.25) is 0 Å². The van der Waals surface area contributed by atoms with Gasteiger partial charge in [0.25, 0.3) is 5.56 Å². The van der Waals surface area contributed by atoms with Crippen molar-refractivity contribution in [3.8, 4) is 11.4 Å². The van der Waals surface area contributed by atoms with Gasteiger partial charge in [0, 0.05) is 16.6 Å². The van der Waals surface area contributed by atoms with Gasteiger partial charge in [-0.1, -0.05) is 15.9 Å². The SMILES string of the molecule is O=c1[nH]c(-c2cc(F)cc(Br)c2)nc2c1CCCN2. The Hall–Kier alpha value is -1.69. The normalized spacial score (nSPS) is 13.8. The quantitative estimate of drug-likeness (QED) is 0.848. The predicted octanol–water partition coefficient (Wildman–Crippen LogP) is 2.70. The van der Waals surface area contributed by atoms with Crippen molar-refractivity contribution < 1.29 is 4.39 Å². The first-order valence-corrected chi connectivity index (χ1v) is 6.76. The van der Waals surface area contributed by atoms with Crippen LogP contribution in [-0.2, 0) is 6.42 Å². The monoisotopic (exact) mass is 323 g/mol. The fourth-order valence-electron chi connectivity index (χ4n) is 2.18. The third kappa shape index (κ3) is 2.40. The van der Waals surface area contributed by atoms with E-state index in [1.165, 1.54) is 12.1 Å². The van der Waals surface area contributed by atoms with E-state index in [0.29, 0.717) is 27.2 Å². The molecule has 0 radical (unpaired) electrons. The van der Waals surface area contributed by atoms with Crippen LogP contribution in [0.25, 0.3) is 11.4 Å². The molecule has 1 aliphatic heterocycles. The van der Waals surface area contributed by atoms with E-state index in [4.69, 9.17) is 0 Å². The highest BCUT2D eigenvalue weighted by Crippen LogP contribution is 2.24. The van der Waals surface area contributed by atoms with Gasteiger partial charge in [-0.15, -0.1) is 0 Å². The summed E-state index contributed by atoms with van der Waals surface area (Å²) < 4.78 is 14.0. The van der Waals surface area contributed by atoms with Crippen LogP contribution >= 0.6 is 15.9 Å². The molecule has 0 bridgehead atoms. The summed E-state index contributed by atoms with van der Waals surface area (Å²) in [6, 6.07) is 4.42. The number of anilines is 1. The zero-order valence-corrected chi connectivity index (χ0v) is 11.6. The molecule has 4 nitrogen and oxygen atoms in total. The molecule has 0 fully saturated rings. The van der Waals surface area contributed by atoms with Gasteiger partial charge in [-0.3, -0.25) is 4.79 Å². The Morgan fingerprint density at radius 2 is 2.16 bits per heavy atom. The number of fused-ring (bicyclic) bond motifs is 1. The fraction of sp³-hybridized carbons (Fsp3) is 0.231. The number of benzene rings is 1. The van der Waals surface area contributed by atoms with Crippen LogP contribution in [0.3, 0.4) is 0 Å². The van der Waals surface area contributed by atoms with Gasteiger partial charge in [-0.2, -0.15) is 0 Å². The van der Waals surface area contributed by atoms with Gasteiger partial charge in [0.05, 0.1) is 5.56 Å². The van der Waals surface area contributed by atoms with E-state index >= 15 is 0 Å². The minimum Gasteiger partial charge on any atom is -0.370 e. The van der Waals surface area contributed by atoms with Crippen LogP contribution in [0.4, 0.5) is 10.2 Å². The molecule has 19 heavy (non-hydrogen) atoms. The molecule has 6 heteroatoms. The molecule has 2 heterocycles. The van der Waals surface area contributed by atoms with Crippen LogP contribution in [-0.4, -0.2) is 16.5 Å². The molecule has 2 N–H and O–H groups in total. The van der Waals surface area contributed by atoms with Gasteiger partial charge >= 0.3 is 0 Å². The second-order valence-electron chi connectivity index (χ2n) is 4.43. The maximum atomic E-state index is 13.4. The zero-order chi connectivity index (χ0) is 13.4. The van der Waals surface area contributed by atoms with E-state index in [1.54, 1.807) is 6.07 Å². The summed E-state index contributed by atoms with van der Waals surface area (Å²) in [5.41, 5.74) is 1.05. The molecule has 0 spiro atoms. The standard InChI is InChI=1S/C13H11BrFN3O/c14-8-4-7(5-9(15)6-8)11-17-12-10(13(19)18-11)2-1-3-16-12/h4-6H,1-3H2,(H2,16,17,18,19). The van der Waals surface area contributed by atoms with Gasteiger partial charge < -0.3 is 10.3 Å². The van der Waals surface area contributed by atoms with E-state index in [2.05, 4.69) is 31.2 Å². The van der Waals surface area contributed by atoms with Crippen molar-refractivity contribution in [2.75, 3.05) is 11.9 Å². The Bertz CT molecular complexity index is 679. The minimum atomic E-state index is -0.377. The molecule has 0 unspecified atom stereocenters. The largest absolute Gasteiger partial charge is 0.370 e. The third-order valence-corrected chi connectivity index (χ3v) is 3.51. The number of nitrogens with one attached hydrogen (secondary N) is 2. The summed E-state index contributed by atoms with van der Waals surface area (Å²) in [4.78, 5) is 19.1. The molecular formula is C13H11BrFN3O. The number of hydrogen-bond acceptors (Lipinski definition) is 3. The third-order valence-electron chi connectivity index (χ3n) is 3.05. The fourth-order valence-corrected chi connectivity index (χ4v) is 2.64. The lowest BCUT2D eigenvalue weighted by Crippen LogP contribution is -2.24. The van der Waals surface area contributed by atoms with Crippen LogP contribution in [0.2, 0.25) is 0 Å². The Kier molecular flexibility index (Phi) is 3.10. The average molecular weight is 324 g/mol. The van der Waals surface area contributed by atoms with E-state index in [0.717, 1.165) is 19.4 Å². The number of aromatic amines is 1. The molecular weight excluding hydrogens is 313 g/mol. The Balaban J connectivity index is 2.15. The Labute approximate surface area is 117 Å². The molecule has 1 aliphatic rings. The minimum absolute atomic E-state index is 0.160. The maximum absolute atomic E-state index is 13.4. The van der Waals surface area contributed by atoms with Crippen molar-refractivity contribution in [1.82, 2.24) is 9.97 Å². The summed E-state index contributed by atoms with van der Waals surface area (Å²) in [6.07, 6.45) is 1.64. The first-order chi connectivity index (χ1) is 9.13. The van der Waals surface area contributed by atoms with Crippen molar-refractivity contribution in [3.63, 3.8) is 0 Å². The van der Waals surface area contributed by atoms with Gasteiger partial charge in [0.15, 0.2) is 0 Å². The zero-order valence-electron chi connectivity index (χ0n) is 9.96. The predicted molar refractivity (Wildman–Crippen MR) is 74.8 cm³/mol. The summed E-state index contributed by atoms with van der Waals surface area (Å²) in [5.74, 6) is 0.599. The molecule has 2 aromatic rings. The summed E-state index contributed by atoms with van der Waals surface area (Å²) in [5, 5.41) is 3.11. The van der Waals surface area contributed by atoms with Crippen LogP contribution in [0.5, 0.6) is 0 Å². The smallest absolute Gasteiger partial charge is 0.256 e. The van der Waals surface area contributed by atoms with Crippen LogP contribution in [0.15, 0.2) is 27.5 Å². The van der Waals surface area contributed by atoms with Gasteiger partial charge in [-0.05, 0) is 31.0 Å². The molecule has 0 aliphatic carbocycles. The molecule has 3 rings (SSSR count). The van der Waals surface area contributed by atoms with E-state index in [-0.39, 0.29) is 11.4 Å². The molecule has 0 saturated heterocycles. The highest BCUT2D eigenvalue weighted by molar-refractivity contribution is 9.10.